The zero-order valence-electron chi connectivity index (χ0n) is 9.83. The van der Waals surface area contributed by atoms with Crippen molar-refractivity contribution >= 4 is 23.3 Å². The van der Waals surface area contributed by atoms with E-state index in [0.717, 1.165) is 0 Å². The van der Waals surface area contributed by atoms with E-state index >= 15 is 0 Å². The minimum Gasteiger partial charge on any atom is -0.407 e. The zero-order chi connectivity index (χ0) is 14.0. The molecule has 7 heteroatoms. The molecule has 2 N–H and O–H groups in total. The van der Waals surface area contributed by atoms with Gasteiger partial charge in [-0.05, 0) is 18.1 Å². The number of rotatable bonds is 2. The number of hydrogen-bond acceptors (Lipinski definition) is 3. The van der Waals surface area contributed by atoms with E-state index in [1.165, 1.54) is 12.3 Å². The number of nitrogens with two attached hydrogens (primary N) is 1. The number of carbonyl (C=O) groups excluding carboxylic acids is 1. The van der Waals surface area contributed by atoms with Crippen molar-refractivity contribution < 1.29 is 18.3 Å². The largest absolute Gasteiger partial charge is 0.410 e. The summed E-state index contributed by atoms with van der Waals surface area (Å²) in [7, 11) is 0. The van der Waals surface area contributed by atoms with E-state index in [4.69, 9.17) is 22.1 Å². The Morgan fingerprint density at radius 3 is 2.84 bits per heavy atom. The van der Waals surface area contributed by atoms with Crippen molar-refractivity contribution in [3.63, 3.8) is 0 Å². The van der Waals surface area contributed by atoms with Gasteiger partial charge in [0, 0.05) is 24.6 Å². The molecule has 0 unspecified atom stereocenters. The number of carbonyl (C=O) groups is 1. The number of alkyl halides is 2. The van der Waals surface area contributed by atoms with Gasteiger partial charge in [-0.15, -0.1) is 0 Å². The Bertz CT molecular complexity index is 547. The number of halogens is 3. The van der Waals surface area contributed by atoms with Crippen LogP contribution in [-0.4, -0.2) is 17.0 Å². The highest BCUT2D eigenvalue weighted by molar-refractivity contribution is 6.31. The minimum atomic E-state index is -2.69. The van der Waals surface area contributed by atoms with Gasteiger partial charge < -0.3 is 10.5 Å². The van der Waals surface area contributed by atoms with Crippen LogP contribution in [0.3, 0.4) is 0 Å². The van der Waals surface area contributed by atoms with Crippen molar-refractivity contribution in [1.82, 2.24) is 4.98 Å². The number of nitrogens with zero attached hydrogens (tertiary/aromatic N) is 1. The van der Waals surface area contributed by atoms with Gasteiger partial charge in [-0.3, -0.25) is 0 Å². The van der Waals surface area contributed by atoms with Gasteiger partial charge in [0.15, 0.2) is 10.9 Å². The lowest BCUT2D eigenvalue weighted by Gasteiger charge is -2.22. The molecule has 0 aromatic carbocycles. The van der Waals surface area contributed by atoms with E-state index < -0.39 is 12.0 Å². The highest BCUT2D eigenvalue weighted by atomic mass is 35.5. The zero-order valence-corrected chi connectivity index (χ0v) is 10.6. The fourth-order valence-corrected chi connectivity index (χ4v) is 2.11. The molecule has 19 heavy (non-hydrogen) atoms. The van der Waals surface area contributed by atoms with Gasteiger partial charge >= 0.3 is 6.09 Å². The number of pyridine rings is 1. The molecule has 0 atom stereocenters. The fourth-order valence-electron chi connectivity index (χ4n) is 1.91. The second-order valence-electron chi connectivity index (χ2n) is 4.19. The lowest BCUT2D eigenvalue weighted by molar-refractivity contribution is -0.00605. The van der Waals surface area contributed by atoms with Crippen molar-refractivity contribution in [3.05, 3.63) is 29.1 Å². The quantitative estimate of drug-likeness (QED) is 0.848. The van der Waals surface area contributed by atoms with E-state index in [1.807, 2.05) is 0 Å². The monoisotopic (exact) mass is 288 g/mol. The fraction of sp³-hybridized carbons (Fsp3) is 0.333. The van der Waals surface area contributed by atoms with E-state index in [-0.39, 0.29) is 30.2 Å². The molecule has 1 aliphatic carbocycles. The highest BCUT2D eigenvalue weighted by Crippen LogP contribution is 2.40. The number of allylic oxidation sites excluding steroid dienone is 2. The molecule has 1 amide bonds. The molecule has 102 valence electrons. The van der Waals surface area contributed by atoms with Gasteiger partial charge in [0.1, 0.15) is 0 Å². The van der Waals surface area contributed by atoms with Gasteiger partial charge in [0.25, 0.3) is 5.92 Å². The van der Waals surface area contributed by atoms with Crippen molar-refractivity contribution in [2.75, 3.05) is 0 Å². The summed E-state index contributed by atoms with van der Waals surface area (Å²) in [6.45, 7) is 0. The van der Waals surface area contributed by atoms with Crippen LogP contribution in [0.4, 0.5) is 13.6 Å². The Morgan fingerprint density at radius 2 is 2.26 bits per heavy atom. The summed E-state index contributed by atoms with van der Waals surface area (Å²) in [6, 6.07) is 1.56. The number of ether oxygens (including phenoxy) is 1. The molecule has 0 saturated carbocycles. The molecule has 0 aliphatic heterocycles. The van der Waals surface area contributed by atoms with Crippen LogP contribution in [0.5, 0.6) is 5.75 Å². The predicted molar refractivity (Wildman–Crippen MR) is 66.2 cm³/mol. The second-order valence-corrected chi connectivity index (χ2v) is 4.55. The standard InChI is InChI=1S/C12H11ClF2N2O2/c13-10-9(19-11(16)18)8(3-6-17-10)7-1-4-12(14,15)5-2-7/h1,3,6H,2,4-5H2,(H2,16,18). The molecule has 1 aliphatic rings. The third-order valence-electron chi connectivity index (χ3n) is 2.82. The van der Waals surface area contributed by atoms with Crippen LogP contribution in [0.1, 0.15) is 24.8 Å². The molecule has 1 heterocycles. The molecule has 4 nitrogen and oxygen atoms in total. The molecule has 1 aromatic rings. The molecule has 0 bridgehead atoms. The van der Waals surface area contributed by atoms with Crippen LogP contribution in [0, 0.1) is 0 Å². The molecule has 0 radical (unpaired) electrons. The first-order valence-corrected chi connectivity index (χ1v) is 5.96. The Balaban J connectivity index is 2.37. The van der Waals surface area contributed by atoms with Crippen molar-refractivity contribution in [3.8, 4) is 5.75 Å². The molecule has 0 spiro atoms. The molecule has 0 saturated heterocycles. The summed E-state index contributed by atoms with van der Waals surface area (Å²) in [5.41, 5.74) is 6.06. The average Bonchev–Trinajstić information content (AvgIpc) is 2.32. The van der Waals surface area contributed by atoms with Crippen molar-refractivity contribution in [2.24, 2.45) is 5.73 Å². The van der Waals surface area contributed by atoms with E-state index in [2.05, 4.69) is 4.98 Å². The summed E-state index contributed by atoms with van der Waals surface area (Å²) in [4.78, 5) is 14.6. The Hall–Kier alpha value is -1.69. The Labute approximate surface area is 113 Å². The highest BCUT2D eigenvalue weighted by Gasteiger charge is 2.32. The molecular weight excluding hydrogens is 278 g/mol. The van der Waals surface area contributed by atoms with E-state index in [1.54, 1.807) is 6.07 Å². The molecule has 2 rings (SSSR count). The van der Waals surface area contributed by atoms with E-state index in [9.17, 15) is 13.6 Å². The summed E-state index contributed by atoms with van der Waals surface area (Å²) in [6.07, 6.45) is 1.37. The van der Waals surface area contributed by atoms with Crippen molar-refractivity contribution in [2.45, 2.75) is 25.2 Å². The van der Waals surface area contributed by atoms with Crippen LogP contribution in [-0.2, 0) is 0 Å². The predicted octanol–water partition coefficient (Wildman–Crippen LogP) is 3.40. The maximum absolute atomic E-state index is 13.1. The normalized spacial score (nSPS) is 17.7. The smallest absolute Gasteiger partial charge is 0.407 e. The summed E-state index contributed by atoms with van der Waals surface area (Å²) in [5, 5.41) is -0.0328. The number of amides is 1. The first-order valence-electron chi connectivity index (χ1n) is 5.58. The van der Waals surface area contributed by atoms with Crippen LogP contribution in [0.15, 0.2) is 18.3 Å². The van der Waals surface area contributed by atoms with Gasteiger partial charge in [-0.25, -0.2) is 18.6 Å². The minimum absolute atomic E-state index is 0.00753. The van der Waals surface area contributed by atoms with Crippen LogP contribution < -0.4 is 10.5 Å². The second kappa shape index (κ2) is 5.13. The Morgan fingerprint density at radius 1 is 1.53 bits per heavy atom. The third kappa shape index (κ3) is 3.20. The van der Waals surface area contributed by atoms with Gasteiger partial charge in [-0.1, -0.05) is 17.7 Å². The first kappa shape index (κ1) is 13.7. The summed E-state index contributed by atoms with van der Waals surface area (Å²) in [5.74, 6) is -2.68. The SMILES string of the molecule is NC(=O)Oc1c(C2=CCC(F)(F)CC2)ccnc1Cl. The topological polar surface area (TPSA) is 65.2 Å². The summed E-state index contributed by atoms with van der Waals surface area (Å²) >= 11 is 5.83. The number of aromatic nitrogens is 1. The molecule has 0 fully saturated rings. The van der Waals surface area contributed by atoms with Crippen molar-refractivity contribution in [1.29, 1.82) is 0 Å². The molecular formula is C12H11ClF2N2O2. The lowest BCUT2D eigenvalue weighted by atomic mass is 9.91. The van der Waals surface area contributed by atoms with E-state index in [0.29, 0.717) is 11.1 Å². The Kier molecular flexibility index (Phi) is 3.71. The number of hydrogen-bond donors (Lipinski definition) is 1. The third-order valence-corrected chi connectivity index (χ3v) is 3.09. The maximum atomic E-state index is 13.1. The average molecular weight is 289 g/mol. The number of primary amides is 1. The first-order chi connectivity index (χ1) is 8.89. The molecule has 1 aromatic heterocycles. The van der Waals surface area contributed by atoms with Crippen LogP contribution in [0.2, 0.25) is 5.15 Å². The lowest BCUT2D eigenvalue weighted by Crippen LogP contribution is -2.20. The van der Waals surface area contributed by atoms with Crippen LogP contribution >= 0.6 is 11.6 Å². The van der Waals surface area contributed by atoms with Gasteiger partial charge in [0.05, 0.1) is 0 Å². The maximum Gasteiger partial charge on any atom is 0.410 e. The summed E-state index contributed by atoms with van der Waals surface area (Å²) < 4.78 is 31.0. The van der Waals surface area contributed by atoms with Gasteiger partial charge in [-0.2, -0.15) is 0 Å². The van der Waals surface area contributed by atoms with Crippen LogP contribution in [0.25, 0.3) is 5.57 Å². The van der Waals surface area contributed by atoms with Gasteiger partial charge in [0.2, 0.25) is 0 Å².